The number of anilines is 1. The van der Waals surface area contributed by atoms with Crippen LogP contribution in [0.1, 0.15) is 42.8 Å². The lowest BCUT2D eigenvalue weighted by Gasteiger charge is -2.38. The number of nitrogens with two attached hydrogens (primary N) is 1. The summed E-state index contributed by atoms with van der Waals surface area (Å²) in [6.45, 7) is 4.26. The van der Waals surface area contributed by atoms with Gasteiger partial charge in [0.05, 0.1) is 5.69 Å². The van der Waals surface area contributed by atoms with Crippen molar-refractivity contribution in [3.63, 3.8) is 0 Å². The lowest BCUT2D eigenvalue weighted by atomic mass is 9.97. The van der Waals surface area contributed by atoms with Crippen molar-refractivity contribution in [3.05, 3.63) is 27.5 Å². The Morgan fingerprint density at radius 1 is 1.33 bits per heavy atom. The van der Waals surface area contributed by atoms with Gasteiger partial charge in [-0.25, -0.2) is 0 Å². The molecular formula is C16H19BrN2OS. The Balaban J connectivity index is 2.05. The number of benzene rings is 1. The van der Waals surface area contributed by atoms with Crippen LogP contribution in [-0.2, 0) is 0 Å². The Kier molecular flexibility index (Phi) is 3.97. The first-order valence-corrected chi connectivity index (χ1v) is 8.90. The maximum Gasteiger partial charge on any atom is 0.266 e. The molecule has 5 heteroatoms. The smallest absolute Gasteiger partial charge is 0.266 e. The molecule has 1 aliphatic heterocycles. The van der Waals surface area contributed by atoms with Crippen LogP contribution in [-0.4, -0.2) is 22.9 Å². The van der Waals surface area contributed by atoms with E-state index in [2.05, 4.69) is 29.8 Å². The number of amides is 1. The van der Waals surface area contributed by atoms with Gasteiger partial charge in [0.25, 0.3) is 5.91 Å². The van der Waals surface area contributed by atoms with Crippen molar-refractivity contribution in [2.45, 2.75) is 45.2 Å². The van der Waals surface area contributed by atoms with E-state index in [1.807, 2.05) is 23.1 Å². The lowest BCUT2D eigenvalue weighted by Crippen LogP contribution is -2.47. The molecule has 0 saturated carbocycles. The molecule has 3 rings (SSSR count). The number of piperidine rings is 1. The minimum absolute atomic E-state index is 0.0836. The SMILES string of the molecule is C[C@@H]1CCC[C@H](C)N1C(=O)c1sc2cccc(Br)c2c1N. The third-order valence-corrected chi connectivity index (χ3v) is 6.14. The third kappa shape index (κ3) is 2.46. The van der Waals surface area contributed by atoms with Crippen LogP contribution in [0.3, 0.4) is 0 Å². The van der Waals surface area contributed by atoms with Gasteiger partial charge in [-0.2, -0.15) is 0 Å². The summed E-state index contributed by atoms with van der Waals surface area (Å²) in [5.74, 6) is 0.0836. The van der Waals surface area contributed by atoms with Gasteiger partial charge in [0.1, 0.15) is 4.88 Å². The van der Waals surface area contributed by atoms with E-state index in [9.17, 15) is 4.79 Å². The lowest BCUT2D eigenvalue weighted by molar-refractivity contribution is 0.0517. The highest BCUT2D eigenvalue weighted by molar-refractivity contribution is 9.10. The summed E-state index contributed by atoms with van der Waals surface area (Å²) in [6.07, 6.45) is 3.34. The van der Waals surface area contributed by atoms with E-state index in [0.29, 0.717) is 10.6 Å². The Morgan fingerprint density at radius 3 is 2.62 bits per heavy atom. The highest BCUT2D eigenvalue weighted by Gasteiger charge is 2.32. The quantitative estimate of drug-likeness (QED) is 0.798. The molecular weight excluding hydrogens is 348 g/mol. The largest absolute Gasteiger partial charge is 0.397 e. The molecule has 0 radical (unpaired) electrons. The van der Waals surface area contributed by atoms with Gasteiger partial charge in [-0.3, -0.25) is 4.79 Å². The van der Waals surface area contributed by atoms with E-state index >= 15 is 0 Å². The second kappa shape index (κ2) is 5.61. The normalized spacial score (nSPS) is 22.7. The number of rotatable bonds is 1. The van der Waals surface area contributed by atoms with Crippen LogP contribution in [0.2, 0.25) is 0 Å². The van der Waals surface area contributed by atoms with Gasteiger partial charge < -0.3 is 10.6 Å². The van der Waals surface area contributed by atoms with E-state index in [-0.39, 0.29) is 18.0 Å². The second-order valence-electron chi connectivity index (χ2n) is 5.80. The molecule has 112 valence electrons. The molecule has 0 bridgehead atoms. The first-order valence-electron chi connectivity index (χ1n) is 7.30. The van der Waals surface area contributed by atoms with Crippen molar-refractivity contribution in [2.75, 3.05) is 5.73 Å². The number of hydrogen-bond donors (Lipinski definition) is 1. The highest BCUT2D eigenvalue weighted by atomic mass is 79.9. The van der Waals surface area contributed by atoms with Crippen LogP contribution in [0.4, 0.5) is 5.69 Å². The molecule has 1 aliphatic rings. The molecule has 0 spiro atoms. The molecule has 1 fully saturated rings. The average molecular weight is 367 g/mol. The first-order chi connectivity index (χ1) is 10.0. The van der Waals surface area contributed by atoms with Crippen molar-refractivity contribution < 1.29 is 4.79 Å². The van der Waals surface area contributed by atoms with Crippen molar-refractivity contribution in [1.29, 1.82) is 0 Å². The topological polar surface area (TPSA) is 46.3 Å². The zero-order valence-electron chi connectivity index (χ0n) is 12.2. The van der Waals surface area contributed by atoms with Crippen LogP contribution in [0, 0.1) is 0 Å². The van der Waals surface area contributed by atoms with Gasteiger partial charge in [-0.15, -0.1) is 11.3 Å². The number of nitrogen functional groups attached to an aromatic ring is 1. The average Bonchev–Trinajstić information content (AvgIpc) is 2.77. The van der Waals surface area contributed by atoms with Gasteiger partial charge in [0.2, 0.25) is 0 Å². The molecule has 0 aliphatic carbocycles. The molecule has 2 aromatic rings. The number of thiophene rings is 1. The summed E-state index contributed by atoms with van der Waals surface area (Å²) in [5.41, 5.74) is 6.88. The predicted octanol–water partition coefficient (Wildman–Crippen LogP) is 4.65. The first kappa shape index (κ1) is 14.9. The minimum Gasteiger partial charge on any atom is -0.397 e. The number of hydrogen-bond acceptors (Lipinski definition) is 3. The molecule has 1 saturated heterocycles. The molecule has 1 amide bonds. The Labute approximate surface area is 137 Å². The van der Waals surface area contributed by atoms with Crippen molar-refractivity contribution >= 4 is 48.9 Å². The van der Waals surface area contributed by atoms with Crippen LogP contribution in [0.25, 0.3) is 10.1 Å². The zero-order valence-corrected chi connectivity index (χ0v) is 14.6. The van der Waals surface area contributed by atoms with Crippen molar-refractivity contribution in [3.8, 4) is 0 Å². The third-order valence-electron chi connectivity index (χ3n) is 4.32. The summed E-state index contributed by atoms with van der Waals surface area (Å²) in [4.78, 5) is 15.7. The molecule has 21 heavy (non-hydrogen) atoms. The molecule has 1 aromatic heterocycles. The van der Waals surface area contributed by atoms with E-state index in [4.69, 9.17) is 5.73 Å². The maximum atomic E-state index is 13.0. The number of likely N-dealkylation sites (tertiary alicyclic amines) is 1. The predicted molar refractivity (Wildman–Crippen MR) is 92.9 cm³/mol. The fourth-order valence-electron chi connectivity index (χ4n) is 3.23. The minimum atomic E-state index is 0.0836. The molecule has 2 N–H and O–H groups in total. The van der Waals surface area contributed by atoms with Gasteiger partial charge in [0.15, 0.2) is 0 Å². The molecule has 2 atom stereocenters. The Bertz CT molecular complexity index is 687. The highest BCUT2D eigenvalue weighted by Crippen LogP contribution is 2.39. The summed E-state index contributed by atoms with van der Waals surface area (Å²) in [7, 11) is 0. The van der Waals surface area contributed by atoms with Gasteiger partial charge in [-0.1, -0.05) is 22.0 Å². The van der Waals surface area contributed by atoms with Crippen molar-refractivity contribution in [1.82, 2.24) is 4.90 Å². The molecule has 3 nitrogen and oxygen atoms in total. The second-order valence-corrected chi connectivity index (χ2v) is 7.71. The van der Waals surface area contributed by atoms with E-state index in [0.717, 1.165) is 27.4 Å². The number of halogens is 1. The number of carbonyl (C=O) groups is 1. The monoisotopic (exact) mass is 366 g/mol. The fourth-order valence-corrected chi connectivity index (χ4v) is 5.03. The van der Waals surface area contributed by atoms with Crippen LogP contribution in [0.15, 0.2) is 22.7 Å². The Morgan fingerprint density at radius 2 is 2.00 bits per heavy atom. The molecule has 1 aromatic carbocycles. The van der Waals surface area contributed by atoms with Crippen LogP contribution < -0.4 is 5.73 Å². The van der Waals surface area contributed by atoms with E-state index in [1.165, 1.54) is 17.8 Å². The Hall–Kier alpha value is -1.07. The summed E-state index contributed by atoms with van der Waals surface area (Å²) >= 11 is 5.03. The summed E-state index contributed by atoms with van der Waals surface area (Å²) in [6, 6.07) is 6.53. The van der Waals surface area contributed by atoms with Gasteiger partial charge in [0, 0.05) is 26.6 Å². The number of nitrogens with zero attached hydrogens (tertiary/aromatic N) is 1. The van der Waals surface area contributed by atoms with Crippen molar-refractivity contribution in [2.24, 2.45) is 0 Å². The fraction of sp³-hybridized carbons (Fsp3) is 0.438. The number of carbonyl (C=O) groups excluding carboxylic acids is 1. The number of fused-ring (bicyclic) bond motifs is 1. The van der Waals surface area contributed by atoms with Crippen LogP contribution >= 0.6 is 27.3 Å². The zero-order chi connectivity index (χ0) is 15.1. The standard InChI is InChI=1S/C16H19BrN2OS/c1-9-5-3-6-10(2)19(9)16(20)15-14(18)13-11(17)7-4-8-12(13)21-15/h4,7-10H,3,5-6,18H2,1-2H3/t9-,10+. The maximum absolute atomic E-state index is 13.0. The summed E-state index contributed by atoms with van der Waals surface area (Å²) in [5, 5.41) is 0.961. The molecule has 2 heterocycles. The van der Waals surface area contributed by atoms with E-state index in [1.54, 1.807) is 0 Å². The van der Waals surface area contributed by atoms with Gasteiger partial charge in [-0.05, 0) is 45.2 Å². The summed E-state index contributed by atoms with van der Waals surface area (Å²) < 4.78 is 2.01. The van der Waals surface area contributed by atoms with E-state index < -0.39 is 0 Å². The van der Waals surface area contributed by atoms with Gasteiger partial charge >= 0.3 is 0 Å². The molecule has 0 unspecified atom stereocenters. The van der Waals surface area contributed by atoms with Crippen LogP contribution in [0.5, 0.6) is 0 Å².